The van der Waals surface area contributed by atoms with Gasteiger partial charge in [-0.3, -0.25) is 9.89 Å². The van der Waals surface area contributed by atoms with Gasteiger partial charge in [-0.05, 0) is 37.5 Å². The third-order valence-corrected chi connectivity index (χ3v) is 4.02. The van der Waals surface area contributed by atoms with Gasteiger partial charge in [-0.2, -0.15) is 18.3 Å². The van der Waals surface area contributed by atoms with Crippen molar-refractivity contribution in [1.29, 1.82) is 0 Å². The molecule has 1 fully saturated rings. The number of nitrogens with zero attached hydrogens (tertiary/aromatic N) is 1. The maximum atomic E-state index is 12.3. The Morgan fingerprint density at radius 1 is 1.32 bits per heavy atom. The quantitative estimate of drug-likeness (QED) is 0.827. The van der Waals surface area contributed by atoms with E-state index < -0.39 is 12.8 Å². The fourth-order valence-corrected chi connectivity index (χ4v) is 2.52. The van der Waals surface area contributed by atoms with E-state index in [-0.39, 0.29) is 12.5 Å². The van der Waals surface area contributed by atoms with Crippen molar-refractivity contribution in [2.45, 2.75) is 38.5 Å². The number of aromatic nitrogens is 2. The lowest BCUT2D eigenvalue weighted by Gasteiger charge is -2.08. The smallest absolute Gasteiger partial charge is 0.367 e. The Morgan fingerprint density at radius 3 is 2.60 bits per heavy atom. The number of aromatic amines is 1. The number of amides is 1. The minimum Gasteiger partial charge on any atom is -0.367 e. The normalized spacial score (nSPS) is 14.6. The van der Waals surface area contributed by atoms with E-state index in [2.05, 4.69) is 20.3 Å². The highest BCUT2D eigenvalue weighted by Crippen LogP contribution is 2.41. The summed E-state index contributed by atoms with van der Waals surface area (Å²) in [6.45, 7) is 0.454. The van der Waals surface area contributed by atoms with Crippen LogP contribution in [0.4, 0.5) is 19.0 Å². The van der Waals surface area contributed by atoms with Crippen molar-refractivity contribution in [2.24, 2.45) is 0 Å². The lowest BCUT2D eigenvalue weighted by atomic mass is 10.1. The highest BCUT2D eigenvalue weighted by Gasteiger charge is 2.29. The van der Waals surface area contributed by atoms with Crippen LogP contribution in [0.3, 0.4) is 0 Å². The predicted molar refractivity (Wildman–Crippen MR) is 85.4 cm³/mol. The lowest BCUT2D eigenvalue weighted by molar-refractivity contribution is -0.176. The predicted octanol–water partition coefficient (Wildman–Crippen LogP) is 3.93. The molecule has 5 nitrogen and oxygen atoms in total. The number of carbonyl (C=O) groups excluding carboxylic acids is 1. The van der Waals surface area contributed by atoms with Crippen molar-refractivity contribution >= 4 is 11.7 Å². The first-order chi connectivity index (χ1) is 11.8. The average Bonchev–Trinajstić information content (AvgIpc) is 3.32. The van der Waals surface area contributed by atoms with Gasteiger partial charge in [-0.15, -0.1) is 0 Å². The molecule has 0 aliphatic heterocycles. The van der Waals surface area contributed by atoms with Crippen LogP contribution in [0, 0.1) is 6.92 Å². The van der Waals surface area contributed by atoms with E-state index in [9.17, 15) is 18.0 Å². The number of hydrogen-bond donors (Lipinski definition) is 2. The summed E-state index contributed by atoms with van der Waals surface area (Å²) in [5, 5.41) is 9.85. The van der Waals surface area contributed by atoms with Gasteiger partial charge in [0.15, 0.2) is 5.82 Å². The number of hydrogen-bond acceptors (Lipinski definition) is 3. The summed E-state index contributed by atoms with van der Waals surface area (Å²) in [6.07, 6.45) is -2.08. The molecular formula is C17H18F3N3O2. The van der Waals surface area contributed by atoms with Crippen LogP contribution in [-0.2, 0) is 11.3 Å². The molecule has 1 aliphatic rings. The third-order valence-electron chi connectivity index (χ3n) is 4.02. The van der Waals surface area contributed by atoms with Crippen molar-refractivity contribution < 1.29 is 22.7 Å². The Labute approximate surface area is 142 Å². The standard InChI is InChI=1S/C17H18F3N3O2/c1-10-14(12-6-7-12)22-23-15(10)21-16(24)13-4-2-11(3-5-13)8-25-9-17(18,19)20/h2-5,12H,6-9H2,1H3,(H2,21,22,23,24). The minimum absolute atomic E-state index is 0.162. The number of H-pyrrole nitrogens is 1. The number of carbonyl (C=O) groups is 1. The highest BCUT2D eigenvalue weighted by atomic mass is 19.4. The molecule has 8 heteroatoms. The second-order valence-electron chi connectivity index (χ2n) is 6.14. The van der Waals surface area contributed by atoms with Gasteiger partial charge in [0.2, 0.25) is 0 Å². The van der Waals surface area contributed by atoms with Gasteiger partial charge in [0.05, 0.1) is 6.61 Å². The summed E-state index contributed by atoms with van der Waals surface area (Å²) in [5.41, 5.74) is 2.96. The van der Waals surface area contributed by atoms with Crippen molar-refractivity contribution in [2.75, 3.05) is 11.9 Å². The fourth-order valence-electron chi connectivity index (χ4n) is 2.52. The topological polar surface area (TPSA) is 67.0 Å². The van der Waals surface area contributed by atoms with E-state index in [4.69, 9.17) is 0 Å². The molecule has 134 valence electrons. The average molecular weight is 353 g/mol. The van der Waals surface area contributed by atoms with Crippen molar-refractivity contribution in [3.63, 3.8) is 0 Å². The van der Waals surface area contributed by atoms with Crippen molar-refractivity contribution in [3.05, 3.63) is 46.6 Å². The van der Waals surface area contributed by atoms with E-state index in [1.807, 2.05) is 6.92 Å². The molecule has 1 aromatic heterocycles. The molecule has 3 rings (SSSR count). The van der Waals surface area contributed by atoms with Crippen molar-refractivity contribution in [1.82, 2.24) is 10.2 Å². The Morgan fingerprint density at radius 2 is 2.00 bits per heavy atom. The molecule has 2 N–H and O–H groups in total. The maximum absolute atomic E-state index is 12.3. The van der Waals surface area contributed by atoms with Crippen LogP contribution < -0.4 is 5.32 Å². The first-order valence-corrected chi connectivity index (χ1v) is 7.93. The molecule has 1 aliphatic carbocycles. The zero-order chi connectivity index (χ0) is 18.0. The third kappa shape index (κ3) is 4.60. The van der Waals surface area contributed by atoms with Gasteiger partial charge < -0.3 is 10.1 Å². The molecule has 1 saturated carbocycles. The molecule has 0 bridgehead atoms. The summed E-state index contributed by atoms with van der Waals surface area (Å²) in [7, 11) is 0. The molecule has 0 saturated heterocycles. The SMILES string of the molecule is Cc1c(NC(=O)c2ccc(COCC(F)(F)F)cc2)n[nH]c1C1CC1. The van der Waals surface area contributed by atoms with Gasteiger partial charge in [0, 0.05) is 22.7 Å². The zero-order valence-electron chi connectivity index (χ0n) is 13.6. The monoisotopic (exact) mass is 353 g/mol. The van der Waals surface area contributed by atoms with Gasteiger partial charge in [0.1, 0.15) is 6.61 Å². The molecule has 25 heavy (non-hydrogen) atoms. The number of nitrogens with one attached hydrogen (secondary N) is 2. The molecule has 2 aromatic rings. The number of rotatable bonds is 6. The summed E-state index contributed by atoms with van der Waals surface area (Å²) in [6, 6.07) is 6.23. The molecule has 1 aromatic carbocycles. The maximum Gasteiger partial charge on any atom is 0.411 e. The van der Waals surface area contributed by atoms with E-state index in [0.29, 0.717) is 22.9 Å². The van der Waals surface area contributed by atoms with Crippen LogP contribution in [0.2, 0.25) is 0 Å². The number of halogens is 3. The van der Waals surface area contributed by atoms with Gasteiger partial charge in [-0.25, -0.2) is 0 Å². The number of anilines is 1. The Balaban J connectivity index is 1.57. The zero-order valence-corrected chi connectivity index (χ0v) is 13.6. The molecule has 0 unspecified atom stereocenters. The summed E-state index contributed by atoms with van der Waals surface area (Å²) < 4.78 is 40.7. The number of benzene rings is 1. The molecular weight excluding hydrogens is 335 g/mol. The van der Waals surface area contributed by atoms with Crippen LogP contribution in [0.15, 0.2) is 24.3 Å². The first-order valence-electron chi connectivity index (χ1n) is 7.93. The van der Waals surface area contributed by atoms with Crippen LogP contribution in [0.1, 0.15) is 45.9 Å². The largest absolute Gasteiger partial charge is 0.411 e. The lowest BCUT2D eigenvalue weighted by Crippen LogP contribution is -2.16. The Kier molecular flexibility index (Phi) is 4.80. The van der Waals surface area contributed by atoms with E-state index >= 15 is 0 Å². The first kappa shape index (κ1) is 17.5. The number of alkyl halides is 3. The van der Waals surface area contributed by atoms with Crippen LogP contribution in [0.25, 0.3) is 0 Å². The van der Waals surface area contributed by atoms with E-state index in [1.54, 1.807) is 24.3 Å². The Bertz CT molecular complexity index is 749. The van der Waals surface area contributed by atoms with Crippen LogP contribution in [0.5, 0.6) is 0 Å². The molecule has 1 amide bonds. The molecule has 1 heterocycles. The van der Waals surface area contributed by atoms with Crippen LogP contribution in [-0.4, -0.2) is 28.9 Å². The van der Waals surface area contributed by atoms with Gasteiger partial charge in [0.25, 0.3) is 5.91 Å². The molecule has 0 spiro atoms. The second kappa shape index (κ2) is 6.87. The van der Waals surface area contributed by atoms with Crippen LogP contribution >= 0.6 is 0 Å². The summed E-state index contributed by atoms with van der Waals surface area (Å²) in [5.74, 6) is 0.693. The van der Waals surface area contributed by atoms with E-state index in [1.165, 1.54) is 0 Å². The van der Waals surface area contributed by atoms with Crippen molar-refractivity contribution in [3.8, 4) is 0 Å². The highest BCUT2D eigenvalue weighted by molar-refractivity contribution is 6.04. The summed E-state index contributed by atoms with van der Waals surface area (Å²) >= 11 is 0. The fraction of sp³-hybridized carbons (Fsp3) is 0.412. The van der Waals surface area contributed by atoms with Gasteiger partial charge in [-0.1, -0.05) is 12.1 Å². The molecule has 0 atom stereocenters. The molecule has 0 radical (unpaired) electrons. The minimum atomic E-state index is -4.35. The number of ether oxygens (including phenoxy) is 1. The summed E-state index contributed by atoms with van der Waals surface area (Å²) in [4.78, 5) is 12.3. The van der Waals surface area contributed by atoms with E-state index in [0.717, 1.165) is 24.1 Å². The Hall–Kier alpha value is -2.35. The van der Waals surface area contributed by atoms with Gasteiger partial charge >= 0.3 is 6.18 Å². The second-order valence-corrected chi connectivity index (χ2v) is 6.14.